The number of unbranched alkanes of at least 4 members (excludes halogenated alkanes) is 1. The van der Waals surface area contributed by atoms with Gasteiger partial charge in [0.25, 0.3) is 0 Å². The topological polar surface area (TPSA) is 0 Å². The summed E-state index contributed by atoms with van der Waals surface area (Å²) in [6.45, 7) is 4.55. The van der Waals surface area contributed by atoms with E-state index in [9.17, 15) is 0 Å². The average Bonchev–Trinajstić information content (AvgIpc) is 2.64. The van der Waals surface area contributed by atoms with Gasteiger partial charge in [0.2, 0.25) is 0 Å². The molecule has 2 heteroatoms. The van der Waals surface area contributed by atoms with E-state index in [2.05, 4.69) is 46.6 Å². The molecule has 0 aliphatic rings. The summed E-state index contributed by atoms with van der Waals surface area (Å²) in [5, 5.41) is 4.42. The molecule has 0 radical (unpaired) electrons. The number of halogens is 1. The van der Waals surface area contributed by atoms with Crippen LogP contribution in [0.15, 0.2) is 16.8 Å². The number of thiophene rings is 1. The van der Waals surface area contributed by atoms with Gasteiger partial charge in [-0.2, -0.15) is 11.3 Å². The summed E-state index contributed by atoms with van der Waals surface area (Å²) in [4.78, 5) is 0.699. The predicted octanol–water partition coefficient (Wildman–Crippen LogP) is 4.88. The van der Waals surface area contributed by atoms with Gasteiger partial charge in [0.05, 0.1) is 0 Å². The first kappa shape index (κ1) is 12.3. The molecule has 1 aromatic rings. The van der Waals surface area contributed by atoms with Crippen molar-refractivity contribution in [2.75, 3.05) is 0 Å². The van der Waals surface area contributed by atoms with E-state index in [-0.39, 0.29) is 0 Å². The van der Waals surface area contributed by atoms with Crippen LogP contribution in [0.4, 0.5) is 0 Å². The van der Waals surface area contributed by atoms with Crippen LogP contribution in [0.2, 0.25) is 0 Å². The molecule has 1 rings (SSSR count). The maximum Gasteiger partial charge on any atom is 0.0168 e. The maximum atomic E-state index is 3.72. The van der Waals surface area contributed by atoms with Crippen molar-refractivity contribution in [2.45, 2.75) is 44.4 Å². The van der Waals surface area contributed by atoms with E-state index < -0.39 is 0 Å². The minimum Gasteiger partial charge on any atom is -0.152 e. The van der Waals surface area contributed by atoms with Gasteiger partial charge >= 0.3 is 0 Å². The van der Waals surface area contributed by atoms with Crippen LogP contribution in [-0.2, 0) is 6.42 Å². The molecule has 14 heavy (non-hydrogen) atoms. The monoisotopic (exact) mass is 274 g/mol. The number of rotatable bonds is 6. The summed E-state index contributed by atoms with van der Waals surface area (Å²) < 4.78 is 0. The molecule has 1 unspecified atom stereocenters. The van der Waals surface area contributed by atoms with Crippen LogP contribution in [0, 0.1) is 5.92 Å². The fourth-order valence-corrected chi connectivity index (χ4v) is 2.46. The summed E-state index contributed by atoms with van der Waals surface area (Å²) >= 11 is 5.52. The second-order valence-corrected chi connectivity index (χ2v) is 6.09. The van der Waals surface area contributed by atoms with Gasteiger partial charge in [0.15, 0.2) is 0 Å². The van der Waals surface area contributed by atoms with Crippen molar-refractivity contribution in [3.8, 4) is 0 Å². The molecule has 0 aromatic carbocycles. The van der Waals surface area contributed by atoms with E-state index in [4.69, 9.17) is 0 Å². The maximum absolute atomic E-state index is 3.72. The van der Waals surface area contributed by atoms with Gasteiger partial charge < -0.3 is 0 Å². The van der Waals surface area contributed by atoms with Crippen LogP contribution in [0.3, 0.4) is 0 Å². The molecule has 1 aromatic heterocycles. The second kappa shape index (κ2) is 6.62. The molecule has 0 spiro atoms. The highest BCUT2D eigenvalue weighted by Gasteiger charge is 2.07. The van der Waals surface area contributed by atoms with Crippen molar-refractivity contribution in [1.82, 2.24) is 0 Å². The lowest BCUT2D eigenvalue weighted by atomic mass is 10.0. The SMILES string of the molecule is CC(C)C(Br)CCCCc1ccsc1. The number of aryl methyl sites for hydroxylation is 1. The van der Waals surface area contributed by atoms with E-state index in [0.29, 0.717) is 4.83 Å². The Morgan fingerprint density at radius 1 is 1.36 bits per heavy atom. The highest BCUT2D eigenvalue weighted by molar-refractivity contribution is 9.09. The fraction of sp³-hybridized carbons (Fsp3) is 0.667. The van der Waals surface area contributed by atoms with Crippen molar-refractivity contribution < 1.29 is 0 Å². The van der Waals surface area contributed by atoms with Crippen molar-refractivity contribution in [2.24, 2.45) is 5.92 Å². The van der Waals surface area contributed by atoms with E-state index in [0.717, 1.165) is 5.92 Å². The zero-order chi connectivity index (χ0) is 10.4. The Labute approximate surface area is 99.9 Å². The number of alkyl halides is 1. The fourth-order valence-electron chi connectivity index (χ4n) is 1.44. The highest BCUT2D eigenvalue weighted by atomic mass is 79.9. The van der Waals surface area contributed by atoms with Gasteiger partial charge in [-0.05, 0) is 47.6 Å². The lowest BCUT2D eigenvalue weighted by molar-refractivity contribution is 0.550. The molecule has 0 fully saturated rings. The number of hydrogen-bond donors (Lipinski definition) is 0. The van der Waals surface area contributed by atoms with Crippen LogP contribution >= 0.6 is 27.3 Å². The second-order valence-electron chi connectivity index (χ2n) is 4.14. The molecule has 0 saturated heterocycles. The molecule has 0 nitrogen and oxygen atoms in total. The molecule has 1 atom stereocenters. The third-order valence-electron chi connectivity index (χ3n) is 2.50. The third-order valence-corrected chi connectivity index (χ3v) is 4.75. The molecule has 80 valence electrons. The van der Waals surface area contributed by atoms with E-state index >= 15 is 0 Å². The Morgan fingerprint density at radius 2 is 2.14 bits per heavy atom. The Kier molecular flexibility index (Phi) is 5.80. The summed E-state index contributed by atoms with van der Waals surface area (Å²) in [7, 11) is 0. The highest BCUT2D eigenvalue weighted by Crippen LogP contribution is 2.19. The van der Waals surface area contributed by atoms with E-state index in [1.165, 1.54) is 31.2 Å². The summed E-state index contributed by atoms with van der Waals surface area (Å²) in [6.07, 6.45) is 5.22. The minimum absolute atomic E-state index is 0.699. The first-order valence-electron chi connectivity index (χ1n) is 5.35. The van der Waals surface area contributed by atoms with Crippen LogP contribution in [0.1, 0.15) is 38.7 Å². The van der Waals surface area contributed by atoms with Gasteiger partial charge in [-0.15, -0.1) is 0 Å². The number of hydrogen-bond acceptors (Lipinski definition) is 1. The molecule has 0 saturated carbocycles. The van der Waals surface area contributed by atoms with Gasteiger partial charge in [0.1, 0.15) is 0 Å². The van der Waals surface area contributed by atoms with Gasteiger partial charge in [-0.3, -0.25) is 0 Å². The molecule has 1 heterocycles. The summed E-state index contributed by atoms with van der Waals surface area (Å²) in [5.41, 5.74) is 1.51. The summed E-state index contributed by atoms with van der Waals surface area (Å²) in [6, 6.07) is 2.23. The molecule has 0 aliphatic carbocycles. The Bertz CT molecular complexity index is 228. The van der Waals surface area contributed by atoms with Crippen LogP contribution in [0.25, 0.3) is 0 Å². The van der Waals surface area contributed by atoms with E-state index in [1.54, 1.807) is 11.3 Å². The third kappa shape index (κ3) is 4.61. The Hall–Kier alpha value is 0.180. The van der Waals surface area contributed by atoms with Crippen LogP contribution in [-0.4, -0.2) is 4.83 Å². The summed E-state index contributed by atoms with van der Waals surface area (Å²) in [5.74, 6) is 0.760. The van der Waals surface area contributed by atoms with E-state index in [1.807, 2.05) is 0 Å². The van der Waals surface area contributed by atoms with Gasteiger partial charge in [-0.25, -0.2) is 0 Å². The van der Waals surface area contributed by atoms with Crippen molar-refractivity contribution in [3.05, 3.63) is 22.4 Å². The van der Waals surface area contributed by atoms with Crippen LogP contribution in [0.5, 0.6) is 0 Å². The molecule has 0 bridgehead atoms. The lowest BCUT2D eigenvalue weighted by Gasteiger charge is -2.12. The molecular weight excluding hydrogens is 256 g/mol. The first-order chi connectivity index (χ1) is 6.70. The molecule has 0 aliphatic heterocycles. The largest absolute Gasteiger partial charge is 0.152 e. The normalized spacial score (nSPS) is 13.4. The zero-order valence-electron chi connectivity index (χ0n) is 9.00. The van der Waals surface area contributed by atoms with Crippen molar-refractivity contribution in [1.29, 1.82) is 0 Å². The predicted molar refractivity (Wildman–Crippen MR) is 69.4 cm³/mol. The standard InChI is InChI=1S/C12H19BrS/c1-10(2)12(13)6-4-3-5-11-7-8-14-9-11/h7-10,12H,3-6H2,1-2H3. The molecular formula is C12H19BrS. The smallest absolute Gasteiger partial charge is 0.0168 e. The Balaban J connectivity index is 2.05. The van der Waals surface area contributed by atoms with Gasteiger partial charge in [0, 0.05) is 4.83 Å². The first-order valence-corrected chi connectivity index (χ1v) is 7.21. The zero-order valence-corrected chi connectivity index (χ0v) is 11.4. The minimum atomic E-state index is 0.699. The molecule has 0 N–H and O–H groups in total. The quantitative estimate of drug-likeness (QED) is 0.512. The molecule has 0 amide bonds. The lowest BCUT2D eigenvalue weighted by Crippen LogP contribution is -2.06. The van der Waals surface area contributed by atoms with Crippen molar-refractivity contribution >= 4 is 27.3 Å². The Morgan fingerprint density at radius 3 is 2.71 bits per heavy atom. The van der Waals surface area contributed by atoms with Gasteiger partial charge in [-0.1, -0.05) is 36.2 Å². The van der Waals surface area contributed by atoms with Crippen LogP contribution < -0.4 is 0 Å². The van der Waals surface area contributed by atoms with Crippen molar-refractivity contribution in [3.63, 3.8) is 0 Å². The average molecular weight is 275 g/mol.